The van der Waals surface area contributed by atoms with Gasteiger partial charge in [-0.2, -0.15) is 9.65 Å². The van der Waals surface area contributed by atoms with Gasteiger partial charge < -0.3 is 10.1 Å². The molecule has 36 heavy (non-hydrogen) atoms. The van der Waals surface area contributed by atoms with Gasteiger partial charge in [0.15, 0.2) is 11.5 Å². The molecule has 13 heteroatoms. The monoisotopic (exact) mass is 496 g/mol. The molecule has 1 aliphatic rings. The number of anilines is 2. The first kappa shape index (κ1) is 24.6. The zero-order valence-corrected chi connectivity index (χ0v) is 19.6. The molecule has 1 aliphatic carbocycles. The molecule has 3 aromatic heterocycles. The molecule has 0 unspecified atom stereocenters. The molecule has 0 aliphatic heterocycles. The quantitative estimate of drug-likeness (QED) is 0.491. The van der Waals surface area contributed by atoms with Crippen molar-refractivity contribution in [2.75, 3.05) is 10.6 Å². The lowest BCUT2D eigenvalue weighted by Gasteiger charge is -2.40. The highest BCUT2D eigenvalue weighted by molar-refractivity contribution is 5.96. The second-order valence-corrected chi connectivity index (χ2v) is 8.80. The van der Waals surface area contributed by atoms with E-state index in [-0.39, 0.29) is 28.9 Å². The Balaban J connectivity index is 1.43. The molecule has 1 atom stereocenters. The van der Waals surface area contributed by atoms with E-state index in [0.717, 1.165) is 12.3 Å². The lowest BCUT2D eigenvalue weighted by atomic mass is 9.63. The standard InChI is InChI=1S/C23H22F2N8O3/c1-12(16-6-14(24)10-28-19(16)25)36-22(35)30-20-18(31-32-33(20)3)17-5-4-15(11-27-17)29-21(34)23(2)7-13(8-23)9-26/h4-6,10-13H,7-8H2,1-3H3,(H,29,34)(H,30,35)/t12-,13-,23-/m1/s1. The van der Waals surface area contributed by atoms with Gasteiger partial charge in [-0.05, 0) is 38.0 Å². The zero-order valence-electron chi connectivity index (χ0n) is 19.6. The third-order valence-corrected chi connectivity index (χ3v) is 5.99. The van der Waals surface area contributed by atoms with Crippen molar-refractivity contribution in [1.82, 2.24) is 25.0 Å². The summed E-state index contributed by atoms with van der Waals surface area (Å²) in [6, 6.07) is 6.28. The van der Waals surface area contributed by atoms with E-state index in [9.17, 15) is 18.4 Å². The maximum atomic E-state index is 13.9. The van der Waals surface area contributed by atoms with Crippen LogP contribution in [0.25, 0.3) is 11.4 Å². The maximum absolute atomic E-state index is 13.9. The molecule has 4 rings (SSSR count). The number of aromatic nitrogens is 5. The third-order valence-electron chi connectivity index (χ3n) is 5.99. The van der Waals surface area contributed by atoms with Crippen LogP contribution in [-0.4, -0.2) is 37.0 Å². The molecular weight excluding hydrogens is 474 g/mol. The summed E-state index contributed by atoms with van der Waals surface area (Å²) in [7, 11) is 1.54. The molecule has 3 heterocycles. The van der Waals surface area contributed by atoms with Gasteiger partial charge in [0.05, 0.1) is 35.4 Å². The molecule has 1 fully saturated rings. The van der Waals surface area contributed by atoms with Crippen LogP contribution in [-0.2, 0) is 16.6 Å². The van der Waals surface area contributed by atoms with E-state index >= 15 is 0 Å². The minimum absolute atomic E-state index is 0.108. The molecule has 0 radical (unpaired) electrons. The molecule has 11 nitrogen and oxygen atoms in total. The number of hydrogen-bond acceptors (Lipinski definition) is 8. The van der Waals surface area contributed by atoms with E-state index in [0.29, 0.717) is 24.2 Å². The highest BCUT2D eigenvalue weighted by Gasteiger charge is 2.46. The minimum atomic E-state index is -1.13. The number of carbonyl (C=O) groups is 2. The maximum Gasteiger partial charge on any atom is 0.413 e. The number of aryl methyl sites for hydroxylation is 1. The minimum Gasteiger partial charge on any atom is -0.441 e. The topological polar surface area (TPSA) is 148 Å². The predicted molar refractivity (Wildman–Crippen MR) is 122 cm³/mol. The van der Waals surface area contributed by atoms with Crippen molar-refractivity contribution < 1.29 is 23.1 Å². The summed E-state index contributed by atoms with van der Waals surface area (Å²) in [5.74, 6) is -1.86. The average Bonchev–Trinajstić information content (AvgIpc) is 3.18. The number of nitrogens with zero attached hydrogens (tertiary/aromatic N) is 6. The van der Waals surface area contributed by atoms with Crippen molar-refractivity contribution in [1.29, 1.82) is 5.26 Å². The van der Waals surface area contributed by atoms with Gasteiger partial charge in [0.25, 0.3) is 0 Å². The molecule has 2 N–H and O–H groups in total. The molecule has 1 saturated carbocycles. The van der Waals surface area contributed by atoms with E-state index in [1.807, 2.05) is 6.92 Å². The fourth-order valence-electron chi connectivity index (χ4n) is 3.94. The predicted octanol–water partition coefficient (Wildman–Crippen LogP) is 3.74. The summed E-state index contributed by atoms with van der Waals surface area (Å²) < 4.78 is 33.7. The van der Waals surface area contributed by atoms with Crippen molar-refractivity contribution in [3.8, 4) is 17.5 Å². The lowest BCUT2D eigenvalue weighted by Crippen LogP contribution is -2.44. The van der Waals surface area contributed by atoms with Gasteiger partial charge in [0, 0.05) is 18.4 Å². The molecule has 0 aromatic carbocycles. The van der Waals surface area contributed by atoms with Crippen molar-refractivity contribution in [2.24, 2.45) is 18.4 Å². The van der Waals surface area contributed by atoms with Gasteiger partial charge in [0.1, 0.15) is 11.9 Å². The molecule has 186 valence electrons. The Morgan fingerprint density at radius 1 is 1.25 bits per heavy atom. The fourth-order valence-corrected chi connectivity index (χ4v) is 3.94. The number of halogens is 2. The molecule has 3 aromatic rings. The highest BCUT2D eigenvalue weighted by Crippen LogP contribution is 2.45. The van der Waals surface area contributed by atoms with Gasteiger partial charge in [-0.15, -0.1) is 5.10 Å². The van der Waals surface area contributed by atoms with Crippen LogP contribution in [0.4, 0.5) is 25.1 Å². The van der Waals surface area contributed by atoms with Crippen molar-refractivity contribution in [3.63, 3.8) is 0 Å². The van der Waals surface area contributed by atoms with Gasteiger partial charge in [0.2, 0.25) is 11.9 Å². The molecule has 0 spiro atoms. The van der Waals surface area contributed by atoms with E-state index in [2.05, 4.69) is 37.0 Å². The second kappa shape index (κ2) is 9.65. The Bertz CT molecular complexity index is 1350. The van der Waals surface area contributed by atoms with Crippen LogP contribution < -0.4 is 10.6 Å². The lowest BCUT2D eigenvalue weighted by molar-refractivity contribution is -0.130. The van der Waals surface area contributed by atoms with Crippen LogP contribution in [0.5, 0.6) is 0 Å². The van der Waals surface area contributed by atoms with E-state index in [1.54, 1.807) is 12.1 Å². The van der Waals surface area contributed by atoms with Crippen LogP contribution in [0.1, 0.15) is 38.4 Å². The SMILES string of the molecule is C[C@@H](OC(=O)Nc1c(-c2ccc(NC(=O)[C@]3(C)C[C@@H](C#N)C3)cn2)nnn1C)c1cc(F)cnc1F. The number of carbonyl (C=O) groups excluding carboxylic acids is 2. The summed E-state index contributed by atoms with van der Waals surface area (Å²) in [4.78, 5) is 32.6. The number of rotatable bonds is 6. The second-order valence-electron chi connectivity index (χ2n) is 8.80. The molecule has 0 bridgehead atoms. The summed E-state index contributed by atoms with van der Waals surface area (Å²) in [6.07, 6.45) is 1.10. The zero-order chi connectivity index (χ0) is 26.0. The first-order chi connectivity index (χ1) is 17.1. The molecular formula is C23H22F2N8O3. The van der Waals surface area contributed by atoms with Crippen LogP contribution in [0.3, 0.4) is 0 Å². The van der Waals surface area contributed by atoms with Crippen LogP contribution in [0, 0.1) is 34.4 Å². The Labute approximate surface area is 204 Å². The fraction of sp³-hybridized carbons (Fsp3) is 0.348. The Morgan fingerprint density at radius 2 is 2.00 bits per heavy atom. The van der Waals surface area contributed by atoms with Gasteiger partial charge >= 0.3 is 6.09 Å². The molecule has 2 amide bonds. The number of ether oxygens (including phenoxy) is 1. The average molecular weight is 496 g/mol. The normalized spacial score (nSPS) is 19.5. The van der Waals surface area contributed by atoms with E-state index in [4.69, 9.17) is 10.00 Å². The van der Waals surface area contributed by atoms with Gasteiger partial charge in [-0.25, -0.2) is 18.9 Å². The highest BCUT2D eigenvalue weighted by atomic mass is 19.1. The van der Waals surface area contributed by atoms with Gasteiger partial charge in [-0.1, -0.05) is 12.1 Å². The third kappa shape index (κ3) is 4.97. The number of hydrogen-bond donors (Lipinski definition) is 2. The van der Waals surface area contributed by atoms with Crippen LogP contribution >= 0.6 is 0 Å². The van der Waals surface area contributed by atoms with E-state index in [1.165, 1.54) is 24.9 Å². The van der Waals surface area contributed by atoms with E-state index < -0.39 is 29.4 Å². The first-order valence-electron chi connectivity index (χ1n) is 11.0. The number of amides is 2. The van der Waals surface area contributed by atoms with Gasteiger partial charge in [-0.3, -0.25) is 15.1 Å². The number of nitrogens with one attached hydrogen (secondary N) is 2. The van der Waals surface area contributed by atoms with Crippen molar-refractivity contribution in [3.05, 3.63) is 47.9 Å². The Morgan fingerprint density at radius 3 is 2.67 bits per heavy atom. The smallest absolute Gasteiger partial charge is 0.413 e. The van der Waals surface area contributed by atoms with Crippen molar-refractivity contribution >= 4 is 23.5 Å². The van der Waals surface area contributed by atoms with Crippen LogP contribution in [0.2, 0.25) is 0 Å². The Hall–Kier alpha value is -4.47. The largest absolute Gasteiger partial charge is 0.441 e. The number of nitriles is 1. The Kier molecular flexibility index (Phi) is 6.61. The van der Waals surface area contributed by atoms with Crippen molar-refractivity contribution in [2.45, 2.75) is 32.8 Å². The first-order valence-corrected chi connectivity index (χ1v) is 11.0. The summed E-state index contributed by atoms with van der Waals surface area (Å²) in [5.41, 5.74) is 0.225. The van der Waals surface area contributed by atoms with Crippen LogP contribution in [0.15, 0.2) is 30.6 Å². The summed E-state index contributed by atoms with van der Waals surface area (Å²) in [5, 5.41) is 22.1. The summed E-state index contributed by atoms with van der Waals surface area (Å²) in [6.45, 7) is 3.19. The molecule has 0 saturated heterocycles. The number of pyridine rings is 2. The summed E-state index contributed by atoms with van der Waals surface area (Å²) >= 11 is 0.